The molecule has 9 heteroatoms. The van der Waals surface area contributed by atoms with Crippen LogP contribution in [0.4, 0.5) is 17.2 Å². The van der Waals surface area contributed by atoms with Gasteiger partial charge in [-0.2, -0.15) is 5.10 Å². The van der Waals surface area contributed by atoms with Crippen molar-refractivity contribution in [2.24, 2.45) is 7.05 Å². The Balaban J connectivity index is 1.50. The molecule has 3 N–H and O–H groups in total. The van der Waals surface area contributed by atoms with E-state index in [2.05, 4.69) is 25.3 Å². The lowest BCUT2D eigenvalue weighted by Crippen LogP contribution is -2.36. The third kappa shape index (κ3) is 3.79. The molecule has 0 saturated carbocycles. The zero-order valence-corrected chi connectivity index (χ0v) is 15.5. The van der Waals surface area contributed by atoms with Crippen molar-refractivity contribution in [3.8, 4) is 11.3 Å². The SMILES string of the molecule is Cn1cc(-c2ccc(N)c(NC(=O)c3ccc(N4CCOCC4)cn3)n2)cn1. The molecular weight excluding hydrogens is 358 g/mol. The topological polar surface area (TPSA) is 111 Å². The fourth-order valence-electron chi connectivity index (χ4n) is 2.98. The van der Waals surface area contributed by atoms with Crippen molar-refractivity contribution in [2.75, 3.05) is 42.3 Å². The number of hydrogen-bond acceptors (Lipinski definition) is 7. The molecule has 1 saturated heterocycles. The van der Waals surface area contributed by atoms with Gasteiger partial charge in [0.15, 0.2) is 5.82 Å². The summed E-state index contributed by atoms with van der Waals surface area (Å²) in [6.45, 7) is 3.02. The zero-order chi connectivity index (χ0) is 19.5. The number of amides is 1. The number of anilines is 3. The summed E-state index contributed by atoms with van der Waals surface area (Å²) in [6.07, 6.45) is 5.25. The average molecular weight is 379 g/mol. The van der Waals surface area contributed by atoms with E-state index >= 15 is 0 Å². The molecular formula is C19H21N7O2. The number of aromatic nitrogens is 4. The van der Waals surface area contributed by atoms with Crippen molar-refractivity contribution in [1.29, 1.82) is 0 Å². The van der Waals surface area contributed by atoms with Gasteiger partial charge in [0.05, 0.1) is 42.7 Å². The lowest BCUT2D eigenvalue weighted by atomic mass is 10.2. The molecule has 0 spiro atoms. The Morgan fingerprint density at radius 3 is 2.68 bits per heavy atom. The van der Waals surface area contributed by atoms with Gasteiger partial charge in [-0.05, 0) is 24.3 Å². The highest BCUT2D eigenvalue weighted by Crippen LogP contribution is 2.23. The molecule has 3 aromatic rings. The summed E-state index contributed by atoms with van der Waals surface area (Å²) in [5.41, 5.74) is 9.14. The maximum absolute atomic E-state index is 12.6. The van der Waals surface area contributed by atoms with Gasteiger partial charge in [0, 0.05) is 31.9 Å². The predicted molar refractivity (Wildman–Crippen MR) is 106 cm³/mol. The quantitative estimate of drug-likeness (QED) is 0.707. The van der Waals surface area contributed by atoms with E-state index in [1.165, 1.54) is 0 Å². The van der Waals surface area contributed by atoms with E-state index in [4.69, 9.17) is 10.5 Å². The van der Waals surface area contributed by atoms with Crippen molar-refractivity contribution in [2.45, 2.75) is 0 Å². The molecule has 144 valence electrons. The first-order valence-corrected chi connectivity index (χ1v) is 8.96. The molecule has 0 aromatic carbocycles. The molecule has 4 rings (SSSR count). The molecule has 3 aromatic heterocycles. The highest BCUT2D eigenvalue weighted by molar-refractivity contribution is 6.04. The molecule has 1 aliphatic heterocycles. The van der Waals surface area contributed by atoms with E-state index in [1.807, 2.05) is 19.3 Å². The molecule has 1 fully saturated rings. The van der Waals surface area contributed by atoms with Crippen molar-refractivity contribution in [1.82, 2.24) is 19.7 Å². The minimum atomic E-state index is -0.365. The normalized spacial score (nSPS) is 14.1. The van der Waals surface area contributed by atoms with Crippen molar-refractivity contribution >= 4 is 23.1 Å². The molecule has 28 heavy (non-hydrogen) atoms. The van der Waals surface area contributed by atoms with E-state index < -0.39 is 0 Å². The van der Waals surface area contributed by atoms with Crippen LogP contribution < -0.4 is 16.0 Å². The Labute approximate surface area is 162 Å². The van der Waals surface area contributed by atoms with Crippen LogP contribution in [0.25, 0.3) is 11.3 Å². The third-order valence-corrected chi connectivity index (χ3v) is 4.52. The van der Waals surface area contributed by atoms with Crippen LogP contribution in [0.2, 0.25) is 0 Å². The number of nitrogens with zero attached hydrogens (tertiary/aromatic N) is 5. The minimum absolute atomic E-state index is 0.296. The first-order chi connectivity index (χ1) is 13.6. The molecule has 9 nitrogen and oxygen atoms in total. The van der Waals surface area contributed by atoms with Crippen molar-refractivity contribution in [3.05, 3.63) is 48.5 Å². The number of ether oxygens (including phenoxy) is 1. The van der Waals surface area contributed by atoms with Gasteiger partial charge in [-0.25, -0.2) is 9.97 Å². The van der Waals surface area contributed by atoms with Gasteiger partial charge < -0.3 is 20.7 Å². The van der Waals surface area contributed by atoms with Gasteiger partial charge in [-0.1, -0.05) is 0 Å². The van der Waals surface area contributed by atoms with E-state index in [-0.39, 0.29) is 5.91 Å². The number of nitrogen functional groups attached to an aromatic ring is 1. The number of nitrogens with two attached hydrogens (primary N) is 1. The molecule has 1 amide bonds. The fourth-order valence-corrected chi connectivity index (χ4v) is 2.98. The largest absolute Gasteiger partial charge is 0.396 e. The van der Waals surface area contributed by atoms with Crippen LogP contribution in [0.1, 0.15) is 10.5 Å². The van der Waals surface area contributed by atoms with Gasteiger partial charge in [0.2, 0.25) is 0 Å². The molecule has 0 radical (unpaired) electrons. The summed E-state index contributed by atoms with van der Waals surface area (Å²) in [5, 5.41) is 6.88. The highest BCUT2D eigenvalue weighted by Gasteiger charge is 2.15. The van der Waals surface area contributed by atoms with Crippen LogP contribution in [-0.2, 0) is 11.8 Å². The average Bonchev–Trinajstić information content (AvgIpc) is 3.17. The summed E-state index contributed by atoms with van der Waals surface area (Å²) in [7, 11) is 1.83. The summed E-state index contributed by atoms with van der Waals surface area (Å²) < 4.78 is 7.04. The van der Waals surface area contributed by atoms with Crippen LogP contribution in [-0.4, -0.2) is 52.0 Å². The maximum Gasteiger partial charge on any atom is 0.275 e. The molecule has 4 heterocycles. The minimum Gasteiger partial charge on any atom is -0.396 e. The van der Waals surface area contributed by atoms with E-state index in [0.717, 1.165) is 24.3 Å². The van der Waals surface area contributed by atoms with Crippen LogP contribution >= 0.6 is 0 Å². The Morgan fingerprint density at radius 1 is 1.18 bits per heavy atom. The number of hydrogen-bond donors (Lipinski definition) is 2. The number of nitrogens with one attached hydrogen (secondary N) is 1. The highest BCUT2D eigenvalue weighted by atomic mass is 16.5. The van der Waals surface area contributed by atoms with Crippen LogP contribution in [0.15, 0.2) is 42.9 Å². The molecule has 0 bridgehead atoms. The summed E-state index contributed by atoms with van der Waals surface area (Å²) in [4.78, 5) is 23.5. The monoisotopic (exact) mass is 379 g/mol. The van der Waals surface area contributed by atoms with Crippen molar-refractivity contribution < 1.29 is 9.53 Å². The number of rotatable bonds is 4. The Hall–Kier alpha value is -3.46. The lowest BCUT2D eigenvalue weighted by molar-refractivity contribution is 0.102. The zero-order valence-electron chi connectivity index (χ0n) is 15.5. The van der Waals surface area contributed by atoms with Gasteiger partial charge >= 0.3 is 0 Å². The summed E-state index contributed by atoms with van der Waals surface area (Å²) in [6, 6.07) is 7.08. The Morgan fingerprint density at radius 2 is 2.00 bits per heavy atom. The van der Waals surface area contributed by atoms with Gasteiger partial charge in [0.25, 0.3) is 5.91 Å². The smallest absolute Gasteiger partial charge is 0.275 e. The fraction of sp³-hybridized carbons (Fsp3) is 0.263. The second-order valence-corrected chi connectivity index (χ2v) is 6.49. The Bertz CT molecular complexity index is 978. The van der Waals surface area contributed by atoms with E-state index in [0.29, 0.717) is 36.1 Å². The predicted octanol–water partition coefficient (Wildman–Crippen LogP) is 1.55. The summed E-state index contributed by atoms with van der Waals surface area (Å²) in [5.74, 6) is -0.0681. The van der Waals surface area contributed by atoms with Gasteiger partial charge in [-0.15, -0.1) is 0 Å². The standard InChI is InChI=1S/C19H21N7O2/c1-25-12-13(10-22-25)16-5-3-15(20)18(23-16)24-19(27)17-4-2-14(11-21-17)26-6-8-28-9-7-26/h2-5,10-12H,6-9,20H2,1H3,(H,23,24,27). The van der Waals surface area contributed by atoms with E-state index in [1.54, 1.807) is 35.3 Å². The number of carbonyl (C=O) groups is 1. The third-order valence-electron chi connectivity index (χ3n) is 4.52. The molecule has 0 unspecified atom stereocenters. The first-order valence-electron chi connectivity index (χ1n) is 8.96. The Kier molecular flexibility index (Phi) is 4.90. The first kappa shape index (κ1) is 17.9. The number of pyridine rings is 2. The van der Waals surface area contributed by atoms with Gasteiger partial charge in [0.1, 0.15) is 5.69 Å². The summed E-state index contributed by atoms with van der Waals surface area (Å²) >= 11 is 0. The van der Waals surface area contributed by atoms with Crippen LogP contribution in [0.3, 0.4) is 0 Å². The number of aryl methyl sites for hydroxylation is 1. The lowest BCUT2D eigenvalue weighted by Gasteiger charge is -2.28. The second kappa shape index (κ2) is 7.65. The molecule has 1 aliphatic rings. The number of morpholine rings is 1. The van der Waals surface area contributed by atoms with E-state index in [9.17, 15) is 4.79 Å². The van der Waals surface area contributed by atoms with Crippen LogP contribution in [0, 0.1) is 0 Å². The van der Waals surface area contributed by atoms with Crippen LogP contribution in [0.5, 0.6) is 0 Å². The van der Waals surface area contributed by atoms with Gasteiger partial charge in [-0.3, -0.25) is 9.48 Å². The second-order valence-electron chi connectivity index (χ2n) is 6.49. The molecule has 0 aliphatic carbocycles. The molecule has 0 atom stereocenters. The van der Waals surface area contributed by atoms with Crippen molar-refractivity contribution in [3.63, 3.8) is 0 Å². The maximum atomic E-state index is 12.6. The number of carbonyl (C=O) groups excluding carboxylic acids is 1.